The number of esters is 2. The van der Waals surface area contributed by atoms with E-state index in [1.165, 1.54) is 0 Å². The molecule has 3 aliphatic rings. The summed E-state index contributed by atoms with van der Waals surface area (Å²) in [7, 11) is 0. The molecular weight excluding hydrogens is 384 g/mol. The lowest BCUT2D eigenvalue weighted by Gasteiger charge is -2.43. The van der Waals surface area contributed by atoms with Gasteiger partial charge in [0.15, 0.2) is 0 Å². The Labute approximate surface area is 179 Å². The van der Waals surface area contributed by atoms with Gasteiger partial charge in [0, 0.05) is 18.8 Å². The molecule has 6 heteroatoms. The van der Waals surface area contributed by atoms with Crippen molar-refractivity contribution in [2.45, 2.75) is 90.1 Å². The van der Waals surface area contributed by atoms with E-state index in [2.05, 4.69) is 19.1 Å². The Morgan fingerprint density at radius 2 is 2.07 bits per heavy atom. The second-order valence-corrected chi connectivity index (χ2v) is 9.33. The third-order valence-electron chi connectivity index (χ3n) is 6.82. The second-order valence-electron chi connectivity index (χ2n) is 9.33. The molecule has 0 amide bonds. The summed E-state index contributed by atoms with van der Waals surface area (Å²) in [5.41, 5.74) is 1.03. The largest absolute Gasteiger partial charge is 0.462 e. The van der Waals surface area contributed by atoms with E-state index in [1.54, 1.807) is 0 Å². The van der Waals surface area contributed by atoms with Crippen LogP contribution in [0.1, 0.15) is 65.7 Å². The number of aliphatic hydroxyl groups excluding tert-OH is 2. The number of cyclic esters (lactones) is 1. The van der Waals surface area contributed by atoms with Gasteiger partial charge in [-0.15, -0.1) is 0 Å². The fourth-order valence-electron chi connectivity index (χ4n) is 5.22. The highest BCUT2D eigenvalue weighted by molar-refractivity contribution is 5.72. The standard InChI is InChI=1S/C24H36O6/c1-4-5-15(3)24(28)30-21-12-17(25)10-16-7-6-14(2)20(23(16)21)9-8-19-11-18(26)13-22(27)29-19/h6-7,10,14-15,17-21,23,25-26H,4-5,8-9,11-13H2,1-3H3/t14-,15-,17+,18+,19+,20-,21-,23-/m0/s1. The first-order valence-corrected chi connectivity index (χ1v) is 11.4. The zero-order chi connectivity index (χ0) is 21.8. The molecule has 1 saturated heterocycles. The third kappa shape index (κ3) is 5.52. The van der Waals surface area contributed by atoms with Crippen LogP contribution in [-0.2, 0) is 19.1 Å². The predicted octanol–water partition coefficient (Wildman–Crippen LogP) is 3.31. The van der Waals surface area contributed by atoms with Gasteiger partial charge in [-0.25, -0.2) is 0 Å². The molecule has 1 heterocycles. The molecule has 1 fully saturated rings. The Kier molecular flexibility index (Phi) is 7.75. The molecule has 6 nitrogen and oxygen atoms in total. The van der Waals surface area contributed by atoms with Crippen LogP contribution < -0.4 is 0 Å². The van der Waals surface area contributed by atoms with Gasteiger partial charge < -0.3 is 19.7 Å². The van der Waals surface area contributed by atoms with Gasteiger partial charge in [0.2, 0.25) is 0 Å². The molecule has 0 radical (unpaired) electrons. The maximum Gasteiger partial charge on any atom is 0.308 e. The number of rotatable bonds is 7. The Balaban J connectivity index is 1.73. The second kappa shape index (κ2) is 10.1. The Morgan fingerprint density at radius 1 is 1.30 bits per heavy atom. The van der Waals surface area contributed by atoms with Crippen LogP contribution in [0.2, 0.25) is 0 Å². The van der Waals surface area contributed by atoms with Gasteiger partial charge in [0.1, 0.15) is 12.2 Å². The highest BCUT2D eigenvalue weighted by Gasteiger charge is 2.42. The first-order chi connectivity index (χ1) is 14.3. The lowest BCUT2D eigenvalue weighted by atomic mass is 9.66. The van der Waals surface area contributed by atoms with E-state index in [9.17, 15) is 19.8 Å². The molecular formula is C24H36O6. The highest BCUT2D eigenvalue weighted by Crippen LogP contribution is 2.44. The monoisotopic (exact) mass is 420 g/mol. The fourth-order valence-corrected chi connectivity index (χ4v) is 5.22. The molecule has 3 rings (SSSR count). The van der Waals surface area contributed by atoms with Crippen molar-refractivity contribution in [2.75, 3.05) is 0 Å². The Hall–Kier alpha value is -1.66. The minimum Gasteiger partial charge on any atom is -0.462 e. The van der Waals surface area contributed by atoms with Gasteiger partial charge >= 0.3 is 11.9 Å². The van der Waals surface area contributed by atoms with Gasteiger partial charge in [-0.05, 0) is 36.7 Å². The van der Waals surface area contributed by atoms with E-state index >= 15 is 0 Å². The van der Waals surface area contributed by atoms with Gasteiger partial charge in [0.25, 0.3) is 0 Å². The maximum atomic E-state index is 12.6. The number of allylic oxidation sites excluding steroid dienone is 2. The smallest absolute Gasteiger partial charge is 0.308 e. The summed E-state index contributed by atoms with van der Waals surface area (Å²) in [6, 6.07) is 0. The molecule has 0 aromatic carbocycles. The van der Waals surface area contributed by atoms with Crippen molar-refractivity contribution < 1.29 is 29.3 Å². The van der Waals surface area contributed by atoms with E-state index in [1.807, 2.05) is 19.9 Å². The highest BCUT2D eigenvalue weighted by atomic mass is 16.6. The van der Waals surface area contributed by atoms with E-state index < -0.39 is 12.2 Å². The quantitative estimate of drug-likeness (QED) is 0.614. The van der Waals surface area contributed by atoms with Crippen molar-refractivity contribution in [1.29, 1.82) is 0 Å². The topological polar surface area (TPSA) is 93.1 Å². The van der Waals surface area contributed by atoms with E-state index in [0.29, 0.717) is 19.3 Å². The zero-order valence-corrected chi connectivity index (χ0v) is 18.3. The number of aliphatic hydroxyl groups is 2. The fraction of sp³-hybridized carbons (Fsp3) is 0.750. The van der Waals surface area contributed by atoms with E-state index in [0.717, 1.165) is 24.8 Å². The maximum absolute atomic E-state index is 12.6. The summed E-state index contributed by atoms with van der Waals surface area (Å²) in [5, 5.41) is 20.2. The van der Waals surface area contributed by atoms with Gasteiger partial charge in [-0.3, -0.25) is 9.59 Å². The number of hydrogen-bond donors (Lipinski definition) is 2. The lowest BCUT2D eigenvalue weighted by molar-refractivity contribution is -0.162. The summed E-state index contributed by atoms with van der Waals surface area (Å²) in [5.74, 6) is -0.171. The van der Waals surface area contributed by atoms with Crippen molar-refractivity contribution in [1.82, 2.24) is 0 Å². The first kappa shape index (κ1) is 23.0. The molecule has 0 spiro atoms. The summed E-state index contributed by atoms with van der Waals surface area (Å²) in [6.45, 7) is 6.10. The average Bonchev–Trinajstić information content (AvgIpc) is 2.66. The molecule has 0 bridgehead atoms. The molecule has 0 saturated carbocycles. The van der Waals surface area contributed by atoms with Crippen LogP contribution >= 0.6 is 0 Å². The van der Waals surface area contributed by atoms with Crippen LogP contribution in [0.3, 0.4) is 0 Å². The van der Waals surface area contributed by atoms with Gasteiger partial charge in [-0.1, -0.05) is 45.4 Å². The Morgan fingerprint density at radius 3 is 2.77 bits per heavy atom. The summed E-state index contributed by atoms with van der Waals surface area (Å²) in [6.07, 6.45) is 8.33. The molecule has 30 heavy (non-hydrogen) atoms. The third-order valence-corrected chi connectivity index (χ3v) is 6.82. The summed E-state index contributed by atoms with van der Waals surface area (Å²) in [4.78, 5) is 24.3. The summed E-state index contributed by atoms with van der Waals surface area (Å²) >= 11 is 0. The molecule has 168 valence electrons. The first-order valence-electron chi connectivity index (χ1n) is 11.4. The van der Waals surface area contributed by atoms with Crippen LogP contribution in [-0.4, -0.2) is 46.6 Å². The van der Waals surface area contributed by atoms with Gasteiger partial charge in [-0.2, -0.15) is 0 Å². The van der Waals surface area contributed by atoms with E-state index in [-0.39, 0.29) is 54.2 Å². The lowest BCUT2D eigenvalue weighted by Crippen LogP contribution is -2.43. The molecule has 0 aromatic rings. The minimum absolute atomic E-state index is 0.0235. The number of carbonyl (C=O) groups excluding carboxylic acids is 2. The van der Waals surface area contributed by atoms with Crippen LogP contribution in [0.25, 0.3) is 0 Å². The summed E-state index contributed by atoms with van der Waals surface area (Å²) < 4.78 is 11.4. The van der Waals surface area contributed by atoms with Crippen LogP contribution in [0.4, 0.5) is 0 Å². The molecule has 0 aromatic heterocycles. The van der Waals surface area contributed by atoms with Crippen molar-refractivity contribution in [3.8, 4) is 0 Å². The molecule has 0 unspecified atom stereocenters. The van der Waals surface area contributed by atoms with Crippen molar-refractivity contribution >= 4 is 11.9 Å². The number of ether oxygens (including phenoxy) is 2. The molecule has 1 aliphatic heterocycles. The number of hydrogen-bond acceptors (Lipinski definition) is 6. The van der Waals surface area contributed by atoms with E-state index in [4.69, 9.17) is 9.47 Å². The zero-order valence-electron chi connectivity index (χ0n) is 18.3. The molecule has 8 atom stereocenters. The van der Waals surface area contributed by atoms with Crippen molar-refractivity contribution in [3.05, 3.63) is 23.8 Å². The molecule has 2 aliphatic carbocycles. The average molecular weight is 421 g/mol. The number of fused-ring (bicyclic) bond motifs is 1. The number of carbonyl (C=O) groups is 2. The minimum atomic E-state index is -0.631. The Bertz CT molecular complexity index is 683. The van der Waals surface area contributed by atoms with Crippen LogP contribution in [0.15, 0.2) is 23.8 Å². The van der Waals surface area contributed by atoms with Crippen LogP contribution in [0, 0.1) is 23.7 Å². The van der Waals surface area contributed by atoms with Crippen LogP contribution in [0.5, 0.6) is 0 Å². The van der Waals surface area contributed by atoms with Crippen molar-refractivity contribution in [3.63, 3.8) is 0 Å². The van der Waals surface area contributed by atoms with Gasteiger partial charge in [0.05, 0.1) is 24.5 Å². The normalized spacial score (nSPS) is 37.0. The van der Waals surface area contributed by atoms with Crippen molar-refractivity contribution in [2.24, 2.45) is 23.7 Å². The molecule has 2 N–H and O–H groups in total. The SMILES string of the molecule is CCC[C@H](C)C(=O)O[C@H]1C[C@H](O)C=C2C=C[C@H](C)[C@H](CC[C@@H]3C[C@@H](O)CC(=O)O3)[C@H]21. The predicted molar refractivity (Wildman–Crippen MR) is 112 cm³/mol.